The first-order valence-corrected chi connectivity index (χ1v) is 10.2. The zero-order valence-corrected chi connectivity index (χ0v) is 19.5. The molecular formula is C23H26Cl2FN5O2. The number of hydrogen-bond acceptors (Lipinski definition) is 6. The third-order valence-corrected chi connectivity index (χ3v) is 5.20. The maximum atomic E-state index is 14.4. The van der Waals surface area contributed by atoms with Gasteiger partial charge in [0.15, 0.2) is 0 Å². The number of piperazine rings is 1. The monoisotopic (exact) mass is 493 g/mol. The topological polar surface area (TPSA) is 84.6 Å². The number of nitrogens with zero attached hydrogens (tertiary/aromatic N) is 4. The van der Waals surface area contributed by atoms with Crippen LogP contribution in [0.3, 0.4) is 0 Å². The van der Waals surface area contributed by atoms with Crippen LogP contribution in [0.25, 0.3) is 0 Å². The van der Waals surface area contributed by atoms with Crippen LogP contribution >= 0.6 is 24.8 Å². The largest absolute Gasteiger partial charge is 0.457 e. The fraction of sp³-hybridized carbons (Fsp3) is 0.261. The van der Waals surface area contributed by atoms with Crippen molar-refractivity contribution in [2.75, 3.05) is 37.6 Å². The Labute approximate surface area is 204 Å². The molecule has 1 fully saturated rings. The molecule has 2 aromatic carbocycles. The number of benzene rings is 2. The smallest absolute Gasteiger partial charge is 0.257 e. The number of nitrogens with two attached hydrogens (primary N) is 1. The summed E-state index contributed by atoms with van der Waals surface area (Å²) in [5.41, 5.74) is 6.69. The SMILES string of the molecule is Cl.Cl.NCCc1ccc(Oc2ccc(F)c(C(=O)N3CCN(c4cnccn4)CC3)c2)cc1. The van der Waals surface area contributed by atoms with E-state index in [2.05, 4.69) is 14.9 Å². The summed E-state index contributed by atoms with van der Waals surface area (Å²) < 4.78 is 20.3. The molecule has 33 heavy (non-hydrogen) atoms. The molecule has 4 rings (SSSR count). The molecule has 0 spiro atoms. The van der Waals surface area contributed by atoms with Crippen molar-refractivity contribution in [3.05, 3.63) is 78.0 Å². The Morgan fingerprint density at radius 2 is 1.70 bits per heavy atom. The van der Waals surface area contributed by atoms with Crippen LogP contribution in [0.15, 0.2) is 61.1 Å². The summed E-state index contributed by atoms with van der Waals surface area (Å²) in [6.07, 6.45) is 5.75. The number of rotatable bonds is 6. The summed E-state index contributed by atoms with van der Waals surface area (Å²) >= 11 is 0. The minimum absolute atomic E-state index is 0. The summed E-state index contributed by atoms with van der Waals surface area (Å²) in [4.78, 5) is 25.0. The Hall–Kier alpha value is -2.94. The van der Waals surface area contributed by atoms with Crippen molar-refractivity contribution in [3.63, 3.8) is 0 Å². The van der Waals surface area contributed by atoms with Crippen LogP contribution in [0.4, 0.5) is 10.2 Å². The van der Waals surface area contributed by atoms with E-state index in [9.17, 15) is 9.18 Å². The molecule has 0 radical (unpaired) electrons. The van der Waals surface area contributed by atoms with Gasteiger partial charge in [-0.3, -0.25) is 9.78 Å². The number of halogens is 3. The molecule has 2 heterocycles. The quantitative estimate of drug-likeness (QED) is 0.563. The van der Waals surface area contributed by atoms with Crippen LogP contribution in [-0.2, 0) is 6.42 Å². The normalized spacial score (nSPS) is 13.0. The molecule has 10 heteroatoms. The third-order valence-electron chi connectivity index (χ3n) is 5.20. The highest BCUT2D eigenvalue weighted by molar-refractivity contribution is 5.95. The molecule has 2 N–H and O–H groups in total. The van der Waals surface area contributed by atoms with Gasteiger partial charge in [0.2, 0.25) is 0 Å². The fourth-order valence-electron chi connectivity index (χ4n) is 3.52. The highest BCUT2D eigenvalue weighted by atomic mass is 35.5. The van der Waals surface area contributed by atoms with E-state index < -0.39 is 5.82 Å². The van der Waals surface area contributed by atoms with E-state index in [0.29, 0.717) is 44.2 Å². The molecule has 1 aliphatic heterocycles. The molecule has 0 aliphatic carbocycles. The van der Waals surface area contributed by atoms with E-state index in [4.69, 9.17) is 10.5 Å². The van der Waals surface area contributed by atoms with Gasteiger partial charge in [-0.25, -0.2) is 9.37 Å². The van der Waals surface area contributed by atoms with Gasteiger partial charge < -0.3 is 20.3 Å². The standard InChI is InChI=1S/C23H24FN5O2.2ClH/c24-21-6-5-19(31-18-3-1-17(2-4-18)7-8-25)15-20(21)23(30)29-13-11-28(12-14-29)22-16-26-9-10-27-22;;/h1-6,9-10,15-16H,7-8,11-14,25H2;2*1H. The molecule has 1 aromatic heterocycles. The maximum Gasteiger partial charge on any atom is 0.257 e. The lowest BCUT2D eigenvalue weighted by Gasteiger charge is -2.35. The Bertz CT molecular complexity index is 1030. The second kappa shape index (κ2) is 12.3. The van der Waals surface area contributed by atoms with Gasteiger partial charge in [0, 0.05) is 38.6 Å². The third kappa shape index (κ3) is 6.54. The van der Waals surface area contributed by atoms with Crippen molar-refractivity contribution in [1.29, 1.82) is 0 Å². The van der Waals surface area contributed by atoms with Crippen LogP contribution < -0.4 is 15.4 Å². The van der Waals surface area contributed by atoms with E-state index in [-0.39, 0.29) is 36.3 Å². The summed E-state index contributed by atoms with van der Waals surface area (Å²) in [7, 11) is 0. The number of carbonyl (C=O) groups is 1. The van der Waals surface area contributed by atoms with Gasteiger partial charge in [0.05, 0.1) is 11.8 Å². The Kier molecular flexibility index (Phi) is 9.84. The first-order chi connectivity index (χ1) is 15.1. The van der Waals surface area contributed by atoms with E-state index in [1.165, 1.54) is 18.2 Å². The number of anilines is 1. The molecule has 3 aromatic rings. The molecular weight excluding hydrogens is 468 g/mol. The Balaban J connectivity index is 0.00000193. The van der Waals surface area contributed by atoms with Gasteiger partial charge in [-0.1, -0.05) is 12.1 Å². The zero-order chi connectivity index (χ0) is 21.6. The zero-order valence-electron chi connectivity index (χ0n) is 17.9. The molecule has 1 saturated heterocycles. The molecule has 0 saturated carbocycles. The van der Waals surface area contributed by atoms with Gasteiger partial charge >= 0.3 is 0 Å². The van der Waals surface area contributed by atoms with Gasteiger partial charge in [-0.2, -0.15) is 0 Å². The minimum Gasteiger partial charge on any atom is -0.457 e. The second-order valence-electron chi connectivity index (χ2n) is 7.27. The first kappa shape index (κ1) is 26.3. The Morgan fingerprint density at radius 1 is 1.00 bits per heavy atom. The van der Waals surface area contributed by atoms with Crippen molar-refractivity contribution in [2.45, 2.75) is 6.42 Å². The molecule has 7 nitrogen and oxygen atoms in total. The number of amides is 1. The van der Waals surface area contributed by atoms with Crippen molar-refractivity contribution in [1.82, 2.24) is 14.9 Å². The maximum absolute atomic E-state index is 14.4. The van der Waals surface area contributed by atoms with Gasteiger partial charge in [0.1, 0.15) is 23.1 Å². The van der Waals surface area contributed by atoms with Crippen LogP contribution in [0.2, 0.25) is 0 Å². The fourth-order valence-corrected chi connectivity index (χ4v) is 3.52. The lowest BCUT2D eigenvalue weighted by Crippen LogP contribution is -2.49. The van der Waals surface area contributed by atoms with Crippen LogP contribution in [0, 0.1) is 5.82 Å². The van der Waals surface area contributed by atoms with Crippen LogP contribution in [-0.4, -0.2) is 53.5 Å². The number of ether oxygens (including phenoxy) is 1. The molecule has 1 aliphatic rings. The predicted octanol–water partition coefficient (Wildman–Crippen LogP) is 3.72. The van der Waals surface area contributed by atoms with Crippen molar-refractivity contribution < 1.29 is 13.9 Å². The summed E-state index contributed by atoms with van der Waals surface area (Å²) in [5.74, 6) is 0.888. The van der Waals surface area contributed by atoms with E-state index >= 15 is 0 Å². The van der Waals surface area contributed by atoms with Crippen LogP contribution in [0.1, 0.15) is 15.9 Å². The van der Waals surface area contributed by atoms with E-state index in [1.807, 2.05) is 24.3 Å². The van der Waals surface area contributed by atoms with Gasteiger partial charge in [-0.15, -0.1) is 24.8 Å². The average molecular weight is 494 g/mol. The highest BCUT2D eigenvalue weighted by Crippen LogP contribution is 2.25. The molecule has 0 atom stereocenters. The minimum atomic E-state index is -0.563. The number of hydrogen-bond donors (Lipinski definition) is 1. The summed E-state index contributed by atoms with van der Waals surface area (Å²) in [6, 6.07) is 11.8. The number of aromatic nitrogens is 2. The van der Waals surface area contributed by atoms with Crippen molar-refractivity contribution >= 4 is 36.5 Å². The van der Waals surface area contributed by atoms with Gasteiger partial charge in [-0.05, 0) is 48.9 Å². The lowest BCUT2D eigenvalue weighted by molar-refractivity contribution is 0.0741. The second-order valence-corrected chi connectivity index (χ2v) is 7.27. The average Bonchev–Trinajstić information content (AvgIpc) is 2.82. The molecule has 0 unspecified atom stereocenters. The van der Waals surface area contributed by atoms with E-state index in [0.717, 1.165) is 17.8 Å². The lowest BCUT2D eigenvalue weighted by atomic mass is 10.1. The van der Waals surface area contributed by atoms with Crippen molar-refractivity contribution in [2.24, 2.45) is 5.73 Å². The summed E-state index contributed by atoms with van der Waals surface area (Å²) in [6.45, 7) is 2.75. The van der Waals surface area contributed by atoms with E-state index in [1.54, 1.807) is 23.5 Å². The highest BCUT2D eigenvalue weighted by Gasteiger charge is 2.25. The molecule has 176 valence electrons. The first-order valence-electron chi connectivity index (χ1n) is 10.2. The van der Waals surface area contributed by atoms with Gasteiger partial charge in [0.25, 0.3) is 5.91 Å². The Morgan fingerprint density at radius 3 is 2.33 bits per heavy atom. The summed E-state index contributed by atoms with van der Waals surface area (Å²) in [5, 5.41) is 0. The predicted molar refractivity (Wildman–Crippen MR) is 130 cm³/mol. The molecule has 0 bridgehead atoms. The molecule has 1 amide bonds. The van der Waals surface area contributed by atoms with Crippen molar-refractivity contribution in [3.8, 4) is 11.5 Å². The van der Waals surface area contributed by atoms with Crippen LogP contribution in [0.5, 0.6) is 11.5 Å². The number of carbonyl (C=O) groups excluding carboxylic acids is 1.